The first-order chi connectivity index (χ1) is 7.45. The quantitative estimate of drug-likeness (QED) is 0.486. The Kier molecular flexibility index (Phi) is 6.76. The maximum Gasteiger partial charge on any atom is 0.156 e. The van der Waals surface area contributed by atoms with Crippen LogP contribution in [0.1, 0.15) is 34.1 Å². The fourth-order valence-electron chi connectivity index (χ4n) is 1.67. The fraction of sp³-hybridized carbons (Fsp3) is 0.643. The van der Waals surface area contributed by atoms with E-state index < -0.39 is 0 Å². The maximum atomic E-state index is 12.0. The Hall–Kier alpha value is -1.07. The first-order valence-electron chi connectivity index (χ1n) is 5.81. The van der Waals surface area contributed by atoms with Crippen LogP contribution in [0.3, 0.4) is 0 Å². The van der Waals surface area contributed by atoms with E-state index in [1.165, 1.54) is 0 Å². The summed E-state index contributed by atoms with van der Waals surface area (Å²) in [5, 5.41) is 0. The summed E-state index contributed by atoms with van der Waals surface area (Å²) in [7, 11) is 0. The molecule has 0 N–H and O–H groups in total. The monoisotopic (exact) mass is 221 g/mol. The van der Waals surface area contributed by atoms with Gasteiger partial charge in [0.25, 0.3) is 0 Å². The molecule has 0 spiro atoms. The normalized spacial score (nSPS) is 12.9. The highest BCUT2D eigenvalue weighted by Gasteiger charge is 2.26. The van der Waals surface area contributed by atoms with Crippen molar-refractivity contribution in [2.45, 2.75) is 46.2 Å². The third-order valence-corrected chi connectivity index (χ3v) is 2.62. The molecule has 16 heavy (non-hydrogen) atoms. The zero-order valence-corrected chi connectivity index (χ0v) is 10.9. The lowest BCUT2D eigenvalue weighted by atomic mass is 9.99. The Bertz CT molecular complexity index is 273. The molecule has 0 aliphatic rings. The standard InChI is InChI=1S/C14H23NO/c1-7-9-10-15(12(5)6)13(8-2)14(16)11(3)4/h1,8,11-13H,2,9-10H2,3-6H3. The molecule has 0 aromatic carbocycles. The van der Waals surface area contributed by atoms with Crippen LogP contribution in [0.5, 0.6) is 0 Å². The molecule has 0 heterocycles. The van der Waals surface area contributed by atoms with Gasteiger partial charge in [-0.25, -0.2) is 0 Å². The number of carbonyl (C=O) groups is 1. The van der Waals surface area contributed by atoms with Crippen molar-refractivity contribution in [2.75, 3.05) is 6.54 Å². The Balaban J connectivity index is 4.78. The molecule has 0 saturated carbocycles. The summed E-state index contributed by atoms with van der Waals surface area (Å²) in [6, 6.07) is 0.0763. The summed E-state index contributed by atoms with van der Waals surface area (Å²) in [6.45, 7) is 12.5. The summed E-state index contributed by atoms with van der Waals surface area (Å²) in [5.74, 6) is 2.85. The van der Waals surface area contributed by atoms with Gasteiger partial charge in [-0.3, -0.25) is 9.69 Å². The van der Waals surface area contributed by atoms with E-state index in [0.29, 0.717) is 12.5 Å². The summed E-state index contributed by atoms with van der Waals surface area (Å²) in [5.41, 5.74) is 0. The molecule has 0 aromatic rings. The highest BCUT2D eigenvalue weighted by Crippen LogP contribution is 2.13. The topological polar surface area (TPSA) is 20.3 Å². The molecule has 1 atom stereocenters. The van der Waals surface area contributed by atoms with Gasteiger partial charge in [-0.15, -0.1) is 18.9 Å². The van der Waals surface area contributed by atoms with Gasteiger partial charge in [0, 0.05) is 24.9 Å². The number of rotatable bonds is 7. The van der Waals surface area contributed by atoms with Crippen LogP contribution in [0.4, 0.5) is 0 Å². The average Bonchev–Trinajstić information content (AvgIpc) is 2.22. The van der Waals surface area contributed by atoms with Crippen LogP contribution >= 0.6 is 0 Å². The largest absolute Gasteiger partial charge is 0.297 e. The zero-order chi connectivity index (χ0) is 12.7. The van der Waals surface area contributed by atoms with Crippen molar-refractivity contribution >= 4 is 5.78 Å². The molecule has 0 rings (SSSR count). The summed E-state index contributed by atoms with van der Waals surface area (Å²) in [4.78, 5) is 14.1. The molecule has 1 unspecified atom stereocenters. The lowest BCUT2D eigenvalue weighted by molar-refractivity contribution is -0.126. The van der Waals surface area contributed by atoms with E-state index in [9.17, 15) is 4.79 Å². The highest BCUT2D eigenvalue weighted by atomic mass is 16.1. The van der Waals surface area contributed by atoms with Gasteiger partial charge in [-0.2, -0.15) is 0 Å². The van der Waals surface area contributed by atoms with Crippen molar-refractivity contribution in [3.63, 3.8) is 0 Å². The number of carbonyl (C=O) groups excluding carboxylic acids is 1. The number of Topliss-reactive ketones (excluding diaryl/α,β-unsaturated/α-hetero) is 1. The van der Waals surface area contributed by atoms with E-state index in [2.05, 4.69) is 31.2 Å². The molecule has 0 amide bonds. The number of ketones is 1. The van der Waals surface area contributed by atoms with Gasteiger partial charge < -0.3 is 0 Å². The third-order valence-electron chi connectivity index (χ3n) is 2.62. The van der Waals surface area contributed by atoms with Crippen LogP contribution in [0.2, 0.25) is 0 Å². The second-order valence-corrected chi connectivity index (χ2v) is 4.52. The van der Waals surface area contributed by atoms with Crippen molar-refractivity contribution in [2.24, 2.45) is 5.92 Å². The van der Waals surface area contributed by atoms with Crippen molar-refractivity contribution in [3.8, 4) is 12.3 Å². The van der Waals surface area contributed by atoms with Gasteiger partial charge in [0.1, 0.15) is 0 Å². The summed E-state index contributed by atoms with van der Waals surface area (Å²) >= 11 is 0. The van der Waals surface area contributed by atoms with E-state index in [1.807, 2.05) is 13.8 Å². The summed E-state index contributed by atoms with van der Waals surface area (Å²) in [6.07, 6.45) is 7.65. The Morgan fingerprint density at radius 3 is 2.31 bits per heavy atom. The van der Waals surface area contributed by atoms with E-state index in [-0.39, 0.29) is 17.7 Å². The number of hydrogen-bond donors (Lipinski definition) is 0. The molecular formula is C14H23NO. The molecule has 2 heteroatoms. The number of nitrogens with zero attached hydrogens (tertiary/aromatic N) is 1. The molecular weight excluding hydrogens is 198 g/mol. The zero-order valence-electron chi connectivity index (χ0n) is 10.9. The molecule has 0 radical (unpaired) electrons. The Morgan fingerprint density at radius 2 is 2.00 bits per heavy atom. The molecule has 2 nitrogen and oxygen atoms in total. The predicted molar refractivity (Wildman–Crippen MR) is 69.1 cm³/mol. The second-order valence-electron chi connectivity index (χ2n) is 4.52. The SMILES string of the molecule is C#CCCN(C(C)C)C(C=C)C(=O)C(C)C. The Morgan fingerprint density at radius 1 is 1.44 bits per heavy atom. The van der Waals surface area contributed by atoms with Crippen LogP contribution in [0.25, 0.3) is 0 Å². The molecule has 0 aliphatic heterocycles. The van der Waals surface area contributed by atoms with Gasteiger partial charge in [0.05, 0.1) is 6.04 Å². The van der Waals surface area contributed by atoms with Crippen LogP contribution in [0.15, 0.2) is 12.7 Å². The van der Waals surface area contributed by atoms with Gasteiger partial charge in [0.2, 0.25) is 0 Å². The van der Waals surface area contributed by atoms with Crippen LogP contribution in [-0.2, 0) is 4.79 Å². The highest BCUT2D eigenvalue weighted by molar-refractivity contribution is 5.87. The first-order valence-corrected chi connectivity index (χ1v) is 5.81. The minimum Gasteiger partial charge on any atom is -0.297 e. The van der Waals surface area contributed by atoms with E-state index >= 15 is 0 Å². The minimum atomic E-state index is -0.214. The van der Waals surface area contributed by atoms with Crippen molar-refractivity contribution in [1.82, 2.24) is 4.90 Å². The molecule has 0 aromatic heterocycles. The predicted octanol–water partition coefficient (Wildman–Crippen LogP) is 2.50. The second kappa shape index (κ2) is 7.24. The summed E-state index contributed by atoms with van der Waals surface area (Å²) < 4.78 is 0. The van der Waals surface area contributed by atoms with Crippen molar-refractivity contribution in [1.29, 1.82) is 0 Å². The van der Waals surface area contributed by atoms with Gasteiger partial charge in [0.15, 0.2) is 5.78 Å². The molecule has 0 saturated heterocycles. The smallest absolute Gasteiger partial charge is 0.156 e. The lowest BCUT2D eigenvalue weighted by Gasteiger charge is -2.32. The Labute approximate surface area is 99.7 Å². The first kappa shape index (κ1) is 14.9. The molecule has 90 valence electrons. The van der Waals surface area contributed by atoms with E-state index in [4.69, 9.17) is 6.42 Å². The van der Waals surface area contributed by atoms with Crippen LogP contribution in [-0.4, -0.2) is 29.3 Å². The third kappa shape index (κ3) is 4.20. The number of hydrogen-bond acceptors (Lipinski definition) is 2. The van der Waals surface area contributed by atoms with E-state index in [0.717, 1.165) is 6.54 Å². The molecule has 0 fully saturated rings. The van der Waals surface area contributed by atoms with Crippen LogP contribution < -0.4 is 0 Å². The minimum absolute atomic E-state index is 0.0232. The molecule has 0 aliphatic carbocycles. The van der Waals surface area contributed by atoms with Crippen molar-refractivity contribution in [3.05, 3.63) is 12.7 Å². The maximum absolute atomic E-state index is 12.0. The number of terminal acetylenes is 1. The average molecular weight is 221 g/mol. The van der Waals surface area contributed by atoms with Crippen molar-refractivity contribution < 1.29 is 4.79 Å². The fourth-order valence-corrected chi connectivity index (χ4v) is 1.67. The van der Waals surface area contributed by atoms with Gasteiger partial charge in [-0.1, -0.05) is 19.9 Å². The van der Waals surface area contributed by atoms with Gasteiger partial charge >= 0.3 is 0 Å². The molecule has 0 bridgehead atoms. The van der Waals surface area contributed by atoms with Gasteiger partial charge in [-0.05, 0) is 13.8 Å². The lowest BCUT2D eigenvalue weighted by Crippen LogP contribution is -2.45. The van der Waals surface area contributed by atoms with Crippen LogP contribution in [0, 0.1) is 18.3 Å². The van der Waals surface area contributed by atoms with E-state index in [1.54, 1.807) is 6.08 Å².